The summed E-state index contributed by atoms with van der Waals surface area (Å²) in [7, 11) is 4.04. The Balaban J connectivity index is 2.06. The summed E-state index contributed by atoms with van der Waals surface area (Å²) in [6.45, 7) is 7.00. The van der Waals surface area contributed by atoms with Crippen molar-refractivity contribution in [1.29, 1.82) is 0 Å². The SMILES string of the molecule is CCCCC(C)Oc1ccc(C(CN(C)C)NC(=O)C(C)c2ccccc2)cc1. The summed E-state index contributed by atoms with van der Waals surface area (Å²) in [6, 6.07) is 18.0. The van der Waals surface area contributed by atoms with Crippen LogP contribution in [-0.2, 0) is 4.79 Å². The number of amides is 1. The number of carbonyl (C=O) groups excluding carboxylic acids is 1. The molecule has 1 amide bonds. The highest BCUT2D eigenvalue weighted by atomic mass is 16.5. The molecule has 0 radical (unpaired) electrons. The fraction of sp³-hybridized carbons (Fsp3) is 0.480. The molecule has 0 fully saturated rings. The van der Waals surface area contributed by atoms with Gasteiger partial charge in [-0.15, -0.1) is 0 Å². The second-order valence-corrected chi connectivity index (χ2v) is 8.10. The van der Waals surface area contributed by atoms with Crippen LogP contribution in [0.15, 0.2) is 54.6 Å². The number of unbranched alkanes of at least 4 members (excludes halogenated alkanes) is 1. The topological polar surface area (TPSA) is 41.6 Å². The first-order valence-corrected chi connectivity index (χ1v) is 10.7. The zero-order chi connectivity index (χ0) is 21.2. The number of rotatable bonds is 11. The number of hydrogen-bond donors (Lipinski definition) is 1. The highest BCUT2D eigenvalue weighted by Gasteiger charge is 2.21. The normalized spacial score (nSPS) is 14.3. The van der Waals surface area contributed by atoms with E-state index in [0.717, 1.165) is 29.8 Å². The molecule has 158 valence electrons. The summed E-state index contributed by atoms with van der Waals surface area (Å²) >= 11 is 0. The van der Waals surface area contributed by atoms with Gasteiger partial charge in [0.1, 0.15) is 5.75 Å². The fourth-order valence-electron chi connectivity index (χ4n) is 3.35. The lowest BCUT2D eigenvalue weighted by Gasteiger charge is -2.25. The zero-order valence-electron chi connectivity index (χ0n) is 18.5. The van der Waals surface area contributed by atoms with Gasteiger partial charge in [0.25, 0.3) is 0 Å². The van der Waals surface area contributed by atoms with Crippen molar-refractivity contribution in [3.8, 4) is 5.75 Å². The Hall–Kier alpha value is -2.33. The highest BCUT2D eigenvalue weighted by Crippen LogP contribution is 2.22. The van der Waals surface area contributed by atoms with Crippen LogP contribution in [0.1, 0.15) is 63.1 Å². The van der Waals surface area contributed by atoms with Crippen molar-refractivity contribution in [3.63, 3.8) is 0 Å². The molecule has 0 aliphatic rings. The van der Waals surface area contributed by atoms with E-state index in [2.05, 4.69) is 36.2 Å². The summed E-state index contributed by atoms with van der Waals surface area (Å²) in [5.41, 5.74) is 2.11. The molecule has 0 aliphatic heterocycles. The number of carbonyl (C=O) groups is 1. The van der Waals surface area contributed by atoms with Gasteiger partial charge in [-0.3, -0.25) is 4.79 Å². The lowest BCUT2D eigenvalue weighted by molar-refractivity contribution is -0.123. The molecule has 0 saturated heterocycles. The quantitative estimate of drug-likeness (QED) is 0.570. The number of nitrogens with one attached hydrogen (secondary N) is 1. The first-order valence-electron chi connectivity index (χ1n) is 10.7. The Kier molecular flexibility index (Phi) is 9.20. The van der Waals surface area contributed by atoms with Gasteiger partial charge in [0.05, 0.1) is 18.1 Å². The van der Waals surface area contributed by atoms with Crippen LogP contribution in [0, 0.1) is 0 Å². The molecule has 3 atom stereocenters. The Bertz CT molecular complexity index is 728. The molecule has 1 N–H and O–H groups in total. The van der Waals surface area contributed by atoms with Crippen molar-refractivity contribution in [2.75, 3.05) is 20.6 Å². The molecule has 29 heavy (non-hydrogen) atoms. The molecular formula is C25H36N2O2. The van der Waals surface area contributed by atoms with Crippen LogP contribution in [0.4, 0.5) is 0 Å². The van der Waals surface area contributed by atoms with Gasteiger partial charge in [0.15, 0.2) is 0 Å². The predicted octanol–water partition coefficient (Wildman–Crippen LogP) is 5.17. The molecule has 0 heterocycles. The molecular weight excluding hydrogens is 360 g/mol. The summed E-state index contributed by atoms with van der Waals surface area (Å²) in [4.78, 5) is 15.0. The van der Waals surface area contributed by atoms with Gasteiger partial charge < -0.3 is 15.0 Å². The van der Waals surface area contributed by atoms with Gasteiger partial charge in [-0.1, -0.05) is 62.2 Å². The molecule has 0 bridgehead atoms. The van der Waals surface area contributed by atoms with Crippen molar-refractivity contribution in [3.05, 3.63) is 65.7 Å². The third-order valence-electron chi connectivity index (χ3n) is 5.14. The van der Waals surface area contributed by atoms with Crippen LogP contribution >= 0.6 is 0 Å². The van der Waals surface area contributed by atoms with E-state index in [-0.39, 0.29) is 24.0 Å². The predicted molar refractivity (Wildman–Crippen MR) is 120 cm³/mol. The molecule has 2 aromatic carbocycles. The fourth-order valence-corrected chi connectivity index (χ4v) is 3.35. The van der Waals surface area contributed by atoms with Crippen molar-refractivity contribution in [2.24, 2.45) is 0 Å². The van der Waals surface area contributed by atoms with E-state index in [9.17, 15) is 4.79 Å². The zero-order valence-corrected chi connectivity index (χ0v) is 18.5. The van der Waals surface area contributed by atoms with Crippen LogP contribution in [0.3, 0.4) is 0 Å². The van der Waals surface area contributed by atoms with E-state index in [1.807, 2.05) is 63.5 Å². The smallest absolute Gasteiger partial charge is 0.227 e. The number of ether oxygens (including phenoxy) is 1. The average molecular weight is 397 g/mol. The van der Waals surface area contributed by atoms with E-state index >= 15 is 0 Å². The molecule has 2 aromatic rings. The van der Waals surface area contributed by atoms with E-state index < -0.39 is 0 Å². The van der Waals surface area contributed by atoms with Gasteiger partial charge in [0.2, 0.25) is 5.91 Å². The van der Waals surface area contributed by atoms with Crippen LogP contribution in [0.5, 0.6) is 5.75 Å². The van der Waals surface area contributed by atoms with Crippen molar-refractivity contribution < 1.29 is 9.53 Å². The summed E-state index contributed by atoms with van der Waals surface area (Å²) in [6.07, 6.45) is 3.63. The van der Waals surface area contributed by atoms with Crippen LogP contribution in [0.25, 0.3) is 0 Å². The van der Waals surface area contributed by atoms with Gasteiger partial charge in [-0.05, 0) is 57.6 Å². The van der Waals surface area contributed by atoms with E-state index in [0.29, 0.717) is 0 Å². The lowest BCUT2D eigenvalue weighted by Crippen LogP contribution is -2.37. The Morgan fingerprint density at radius 1 is 1.00 bits per heavy atom. The number of benzene rings is 2. The number of hydrogen-bond acceptors (Lipinski definition) is 3. The number of nitrogens with zero attached hydrogens (tertiary/aromatic N) is 1. The Labute approximate surface area is 176 Å². The van der Waals surface area contributed by atoms with Gasteiger partial charge >= 0.3 is 0 Å². The summed E-state index contributed by atoms with van der Waals surface area (Å²) in [5, 5.41) is 3.23. The minimum Gasteiger partial charge on any atom is -0.491 e. The number of likely N-dealkylation sites (N-methyl/N-ethyl adjacent to an activating group) is 1. The molecule has 0 saturated carbocycles. The van der Waals surface area contributed by atoms with Crippen molar-refractivity contribution in [1.82, 2.24) is 10.2 Å². The van der Waals surface area contributed by atoms with Gasteiger partial charge in [-0.2, -0.15) is 0 Å². The summed E-state index contributed by atoms with van der Waals surface area (Å²) < 4.78 is 6.01. The Morgan fingerprint density at radius 2 is 1.66 bits per heavy atom. The standard InChI is InChI=1S/C25H36N2O2/c1-6-7-11-19(2)29-23-16-14-22(15-17-23)24(18-27(4)5)26-25(28)20(3)21-12-9-8-10-13-21/h8-10,12-17,19-20,24H,6-7,11,18H2,1-5H3,(H,26,28). The largest absolute Gasteiger partial charge is 0.491 e. The molecule has 0 aromatic heterocycles. The minimum absolute atomic E-state index is 0.0385. The maximum absolute atomic E-state index is 12.9. The van der Waals surface area contributed by atoms with Gasteiger partial charge in [0, 0.05) is 6.54 Å². The molecule has 2 rings (SSSR count). The highest BCUT2D eigenvalue weighted by molar-refractivity contribution is 5.83. The maximum Gasteiger partial charge on any atom is 0.227 e. The lowest BCUT2D eigenvalue weighted by atomic mass is 9.99. The van der Waals surface area contributed by atoms with Crippen LogP contribution in [-0.4, -0.2) is 37.6 Å². The molecule has 4 heteroatoms. The first-order chi connectivity index (χ1) is 13.9. The van der Waals surface area contributed by atoms with E-state index in [1.165, 1.54) is 12.8 Å². The van der Waals surface area contributed by atoms with Crippen LogP contribution < -0.4 is 10.1 Å². The second-order valence-electron chi connectivity index (χ2n) is 8.10. The third-order valence-corrected chi connectivity index (χ3v) is 5.14. The van der Waals surface area contributed by atoms with E-state index in [4.69, 9.17) is 4.74 Å². The molecule has 0 spiro atoms. The third kappa shape index (κ3) is 7.54. The van der Waals surface area contributed by atoms with Crippen molar-refractivity contribution in [2.45, 2.75) is 58.1 Å². The average Bonchev–Trinajstić information content (AvgIpc) is 2.72. The first kappa shape index (κ1) is 23.0. The summed E-state index contributed by atoms with van der Waals surface area (Å²) in [5.74, 6) is 0.726. The molecule has 0 aliphatic carbocycles. The molecule has 3 unspecified atom stereocenters. The molecule has 4 nitrogen and oxygen atoms in total. The maximum atomic E-state index is 12.9. The van der Waals surface area contributed by atoms with Crippen LogP contribution in [0.2, 0.25) is 0 Å². The second kappa shape index (κ2) is 11.6. The van der Waals surface area contributed by atoms with Gasteiger partial charge in [-0.25, -0.2) is 0 Å². The Morgan fingerprint density at radius 3 is 2.24 bits per heavy atom. The van der Waals surface area contributed by atoms with E-state index in [1.54, 1.807) is 0 Å². The minimum atomic E-state index is -0.192. The van der Waals surface area contributed by atoms with Crippen molar-refractivity contribution >= 4 is 5.91 Å². The monoisotopic (exact) mass is 396 g/mol.